The van der Waals surface area contributed by atoms with Crippen LogP contribution in [0.4, 0.5) is 5.82 Å². The highest BCUT2D eigenvalue weighted by Crippen LogP contribution is 2.38. The van der Waals surface area contributed by atoms with Crippen LogP contribution >= 0.6 is 0 Å². The van der Waals surface area contributed by atoms with Gasteiger partial charge in [-0.3, -0.25) is 0 Å². The van der Waals surface area contributed by atoms with Crippen LogP contribution in [0.15, 0.2) is 16.7 Å². The maximum atomic E-state index is 5.43. The van der Waals surface area contributed by atoms with Gasteiger partial charge in [-0.15, -0.1) is 5.10 Å². The fourth-order valence-electron chi connectivity index (χ4n) is 3.24. The molecule has 1 aliphatic heterocycles. The molecule has 1 saturated carbocycles. The normalized spacial score (nSPS) is 22.6. The molecule has 0 spiro atoms. The van der Waals surface area contributed by atoms with E-state index in [0.717, 1.165) is 43.3 Å². The highest BCUT2D eigenvalue weighted by molar-refractivity contribution is 5.38. The first-order valence-electron chi connectivity index (χ1n) is 8.84. The Hall–Kier alpha value is -2.02. The van der Waals surface area contributed by atoms with Crippen molar-refractivity contribution in [3.05, 3.63) is 29.5 Å². The molecule has 0 radical (unpaired) electrons. The highest BCUT2D eigenvalue weighted by Gasteiger charge is 2.30. The summed E-state index contributed by atoms with van der Waals surface area (Å²) in [6.45, 7) is 6.00. The summed E-state index contributed by atoms with van der Waals surface area (Å²) in [6.07, 6.45) is 4.66. The van der Waals surface area contributed by atoms with E-state index < -0.39 is 0 Å². The number of rotatable bonds is 5. The Balaban J connectivity index is 1.37. The lowest BCUT2D eigenvalue weighted by atomic mass is 10.0. The lowest BCUT2D eigenvalue weighted by Crippen LogP contribution is -2.46. The van der Waals surface area contributed by atoms with Crippen LogP contribution < -0.4 is 10.2 Å². The molecule has 24 heavy (non-hydrogen) atoms. The molecule has 7 heteroatoms. The molecule has 1 N–H and O–H groups in total. The Bertz CT molecular complexity index is 681. The molecule has 0 amide bonds. The van der Waals surface area contributed by atoms with E-state index in [-0.39, 0.29) is 6.04 Å². The second-order valence-electron chi connectivity index (χ2n) is 6.97. The summed E-state index contributed by atoms with van der Waals surface area (Å²) < 4.78 is 5.43. The summed E-state index contributed by atoms with van der Waals surface area (Å²) in [7, 11) is 0. The molecule has 2 fully saturated rings. The van der Waals surface area contributed by atoms with Crippen LogP contribution in [0.3, 0.4) is 0 Å². The van der Waals surface area contributed by atoms with E-state index in [4.69, 9.17) is 4.52 Å². The second kappa shape index (κ2) is 6.47. The average molecular weight is 328 g/mol. The predicted molar refractivity (Wildman–Crippen MR) is 89.8 cm³/mol. The molecule has 2 aliphatic rings. The second-order valence-corrected chi connectivity index (χ2v) is 6.97. The summed E-state index contributed by atoms with van der Waals surface area (Å²) >= 11 is 0. The number of nitrogens with zero attached hydrogens (tertiary/aromatic N) is 5. The molecule has 4 rings (SSSR count). The third kappa shape index (κ3) is 3.40. The van der Waals surface area contributed by atoms with Crippen molar-refractivity contribution in [1.29, 1.82) is 0 Å². The zero-order valence-corrected chi connectivity index (χ0v) is 14.3. The zero-order chi connectivity index (χ0) is 16.5. The predicted octanol–water partition coefficient (Wildman–Crippen LogP) is 2.37. The number of aromatic nitrogens is 4. The zero-order valence-electron chi connectivity index (χ0n) is 14.3. The molecule has 128 valence electrons. The molecule has 7 nitrogen and oxygen atoms in total. The molecular weight excluding hydrogens is 304 g/mol. The van der Waals surface area contributed by atoms with Crippen LogP contribution in [-0.2, 0) is 0 Å². The maximum absolute atomic E-state index is 5.43. The first-order valence-corrected chi connectivity index (χ1v) is 8.84. The van der Waals surface area contributed by atoms with Gasteiger partial charge in [-0.05, 0) is 51.7 Å². The Labute approximate surface area is 141 Å². The van der Waals surface area contributed by atoms with Gasteiger partial charge < -0.3 is 14.7 Å². The molecule has 0 aromatic carbocycles. The SMILES string of the molecule is Cc1ccc(N2CCC[C@@H](N[C@H](C)c3nc(C4CC4)no3)C2)nn1. The summed E-state index contributed by atoms with van der Waals surface area (Å²) in [5.74, 6) is 3.05. The van der Waals surface area contributed by atoms with Crippen LogP contribution in [0, 0.1) is 6.92 Å². The molecule has 1 aliphatic carbocycles. The van der Waals surface area contributed by atoms with Crippen molar-refractivity contribution in [2.45, 2.75) is 57.5 Å². The van der Waals surface area contributed by atoms with Crippen LogP contribution in [-0.4, -0.2) is 39.5 Å². The van der Waals surface area contributed by atoms with Crippen LogP contribution in [0.25, 0.3) is 0 Å². The number of aryl methyl sites for hydroxylation is 1. The number of anilines is 1. The van der Waals surface area contributed by atoms with E-state index in [1.54, 1.807) is 0 Å². The third-order valence-corrected chi connectivity index (χ3v) is 4.79. The topological polar surface area (TPSA) is 80.0 Å². The van der Waals surface area contributed by atoms with Crippen molar-refractivity contribution < 1.29 is 4.52 Å². The highest BCUT2D eigenvalue weighted by atomic mass is 16.5. The number of hydrogen-bond donors (Lipinski definition) is 1. The van der Waals surface area contributed by atoms with Gasteiger partial charge in [0.25, 0.3) is 0 Å². The first-order chi connectivity index (χ1) is 11.7. The van der Waals surface area contributed by atoms with Gasteiger partial charge >= 0.3 is 0 Å². The van der Waals surface area contributed by atoms with Crippen LogP contribution in [0.5, 0.6) is 0 Å². The van der Waals surface area contributed by atoms with Gasteiger partial charge in [-0.1, -0.05) is 5.16 Å². The minimum atomic E-state index is 0.0686. The Kier molecular flexibility index (Phi) is 4.18. The van der Waals surface area contributed by atoms with Gasteiger partial charge in [-0.25, -0.2) is 0 Å². The molecule has 1 saturated heterocycles. The minimum Gasteiger partial charge on any atom is -0.354 e. The van der Waals surface area contributed by atoms with Gasteiger partial charge in [0, 0.05) is 25.0 Å². The third-order valence-electron chi connectivity index (χ3n) is 4.79. The first kappa shape index (κ1) is 15.5. The summed E-state index contributed by atoms with van der Waals surface area (Å²) in [5.41, 5.74) is 0.946. The summed E-state index contributed by atoms with van der Waals surface area (Å²) in [6, 6.07) is 4.51. The van der Waals surface area contributed by atoms with Gasteiger partial charge in [0.2, 0.25) is 5.89 Å². The van der Waals surface area contributed by atoms with Gasteiger partial charge in [-0.2, -0.15) is 10.1 Å². The fraction of sp³-hybridized carbons (Fsp3) is 0.647. The molecule has 2 aromatic heterocycles. The Morgan fingerprint density at radius 2 is 2.12 bits per heavy atom. The number of nitrogens with one attached hydrogen (secondary N) is 1. The van der Waals surface area contributed by atoms with Gasteiger partial charge in [0.15, 0.2) is 11.6 Å². The van der Waals surface area contributed by atoms with Gasteiger partial charge in [0.1, 0.15) is 0 Å². The molecule has 2 atom stereocenters. The van der Waals surface area contributed by atoms with E-state index in [1.165, 1.54) is 12.8 Å². The van der Waals surface area contributed by atoms with Crippen LogP contribution in [0.2, 0.25) is 0 Å². The quantitative estimate of drug-likeness (QED) is 0.902. The standard InChI is InChI=1S/C17H24N6O/c1-11-5-8-15(21-20-11)23-9-3-4-14(10-23)18-12(2)17-19-16(22-24-17)13-6-7-13/h5,8,12-14,18H,3-4,6-7,9-10H2,1-2H3/t12-,14-/m1/s1. The van der Waals surface area contributed by atoms with Crippen molar-refractivity contribution in [1.82, 2.24) is 25.7 Å². The summed E-state index contributed by atoms with van der Waals surface area (Å²) in [5, 5.41) is 16.2. The van der Waals surface area contributed by atoms with Crippen molar-refractivity contribution in [3.63, 3.8) is 0 Å². The molecular formula is C17H24N6O. The van der Waals surface area contributed by atoms with E-state index in [2.05, 4.69) is 37.5 Å². The fourth-order valence-corrected chi connectivity index (χ4v) is 3.24. The largest absolute Gasteiger partial charge is 0.354 e. The minimum absolute atomic E-state index is 0.0686. The van der Waals surface area contributed by atoms with Crippen molar-refractivity contribution in [2.75, 3.05) is 18.0 Å². The maximum Gasteiger partial charge on any atom is 0.243 e. The molecule has 0 unspecified atom stereocenters. The average Bonchev–Trinajstić information content (AvgIpc) is 3.32. The van der Waals surface area contributed by atoms with Crippen molar-refractivity contribution in [2.24, 2.45) is 0 Å². The van der Waals surface area contributed by atoms with E-state index in [1.807, 2.05) is 19.1 Å². The smallest absolute Gasteiger partial charge is 0.243 e. The Morgan fingerprint density at radius 1 is 1.25 bits per heavy atom. The summed E-state index contributed by atoms with van der Waals surface area (Å²) in [4.78, 5) is 6.84. The molecule has 3 heterocycles. The van der Waals surface area contributed by atoms with Gasteiger partial charge in [0.05, 0.1) is 11.7 Å². The lowest BCUT2D eigenvalue weighted by Gasteiger charge is -2.34. The number of hydrogen-bond acceptors (Lipinski definition) is 7. The monoisotopic (exact) mass is 328 g/mol. The van der Waals surface area contributed by atoms with Crippen molar-refractivity contribution in [3.8, 4) is 0 Å². The lowest BCUT2D eigenvalue weighted by molar-refractivity contribution is 0.307. The number of piperidine rings is 1. The van der Waals surface area contributed by atoms with E-state index >= 15 is 0 Å². The van der Waals surface area contributed by atoms with E-state index in [9.17, 15) is 0 Å². The molecule has 2 aromatic rings. The van der Waals surface area contributed by atoms with Crippen molar-refractivity contribution >= 4 is 5.82 Å². The molecule has 0 bridgehead atoms. The Morgan fingerprint density at radius 3 is 2.88 bits per heavy atom. The van der Waals surface area contributed by atoms with Crippen LogP contribution in [0.1, 0.15) is 62.0 Å². The van der Waals surface area contributed by atoms with E-state index in [0.29, 0.717) is 17.9 Å².